The second-order valence-corrected chi connectivity index (χ2v) is 11.5. The first-order chi connectivity index (χ1) is 19.6. The molecule has 5 rings (SSSR count). The lowest BCUT2D eigenvalue weighted by atomic mass is 10.0. The van der Waals surface area contributed by atoms with Crippen molar-refractivity contribution in [1.29, 1.82) is 0 Å². The third-order valence-electron chi connectivity index (χ3n) is 7.45. The van der Waals surface area contributed by atoms with Crippen molar-refractivity contribution in [2.45, 2.75) is 46.3 Å². The van der Waals surface area contributed by atoms with Gasteiger partial charge < -0.3 is 19.3 Å². The minimum atomic E-state index is -0.538. The Kier molecular flexibility index (Phi) is 7.75. The molecular formula is C31H37N5O5. The van der Waals surface area contributed by atoms with Gasteiger partial charge in [-0.15, -0.1) is 0 Å². The van der Waals surface area contributed by atoms with Crippen LogP contribution >= 0.6 is 0 Å². The molecule has 3 heterocycles. The lowest BCUT2D eigenvalue weighted by Gasteiger charge is -2.38. The molecule has 0 saturated carbocycles. The van der Waals surface area contributed by atoms with Gasteiger partial charge in [-0.3, -0.25) is 19.6 Å². The molecule has 0 unspecified atom stereocenters. The first-order valence-electron chi connectivity index (χ1n) is 13.9. The van der Waals surface area contributed by atoms with Gasteiger partial charge in [-0.25, -0.2) is 9.59 Å². The van der Waals surface area contributed by atoms with Gasteiger partial charge in [0, 0.05) is 61.8 Å². The van der Waals surface area contributed by atoms with Gasteiger partial charge in [0.25, 0.3) is 0 Å². The van der Waals surface area contributed by atoms with Crippen LogP contribution in [0.4, 0.5) is 21.0 Å². The minimum Gasteiger partial charge on any atom is -0.497 e. The molecule has 2 aromatic carbocycles. The second kappa shape index (κ2) is 11.3. The zero-order valence-electron chi connectivity index (χ0n) is 24.3. The highest BCUT2D eigenvalue weighted by Gasteiger charge is 2.34. The number of urea groups is 1. The molecule has 2 fully saturated rings. The predicted molar refractivity (Wildman–Crippen MR) is 157 cm³/mol. The van der Waals surface area contributed by atoms with Crippen LogP contribution in [-0.2, 0) is 16.1 Å². The monoisotopic (exact) mass is 559 g/mol. The van der Waals surface area contributed by atoms with Crippen molar-refractivity contribution >= 4 is 40.2 Å². The number of nitrogens with zero attached hydrogens (tertiary/aromatic N) is 5. The molecule has 4 amide bonds. The molecule has 2 aliphatic heterocycles. The summed E-state index contributed by atoms with van der Waals surface area (Å²) < 4.78 is 10.8. The SMILES string of the molecule is COc1ccc(CN2C(=O)CCN(c3cncc4c(N5CCN(C(=O)OC(C)(C)C)CC5)c(C)ccc34)C2=O)cc1. The molecule has 0 N–H and O–H groups in total. The van der Waals surface area contributed by atoms with E-state index in [9.17, 15) is 14.4 Å². The third-order valence-corrected chi connectivity index (χ3v) is 7.45. The number of fused-ring (bicyclic) bond motifs is 1. The summed E-state index contributed by atoms with van der Waals surface area (Å²) in [5.74, 6) is 0.514. The van der Waals surface area contributed by atoms with E-state index in [0.717, 1.165) is 27.6 Å². The van der Waals surface area contributed by atoms with Crippen LogP contribution in [0.5, 0.6) is 5.75 Å². The Morgan fingerprint density at radius 3 is 2.29 bits per heavy atom. The fourth-order valence-corrected chi connectivity index (χ4v) is 5.38. The van der Waals surface area contributed by atoms with E-state index >= 15 is 0 Å². The summed E-state index contributed by atoms with van der Waals surface area (Å²) >= 11 is 0. The smallest absolute Gasteiger partial charge is 0.410 e. The van der Waals surface area contributed by atoms with Crippen LogP contribution in [0.2, 0.25) is 0 Å². The van der Waals surface area contributed by atoms with Gasteiger partial charge in [0.2, 0.25) is 5.91 Å². The Labute approximate surface area is 240 Å². The van der Waals surface area contributed by atoms with Crippen LogP contribution in [0, 0.1) is 6.92 Å². The number of pyridine rings is 1. The Morgan fingerprint density at radius 1 is 0.927 bits per heavy atom. The fourth-order valence-electron chi connectivity index (χ4n) is 5.38. The number of anilines is 2. The summed E-state index contributed by atoms with van der Waals surface area (Å²) in [6.07, 6.45) is 3.45. The first-order valence-corrected chi connectivity index (χ1v) is 13.9. The quantitative estimate of drug-likeness (QED) is 0.436. The van der Waals surface area contributed by atoms with Gasteiger partial charge in [0.05, 0.1) is 25.5 Å². The molecule has 2 saturated heterocycles. The van der Waals surface area contributed by atoms with Crippen LogP contribution in [0.1, 0.15) is 38.3 Å². The summed E-state index contributed by atoms with van der Waals surface area (Å²) in [5, 5.41) is 1.82. The highest BCUT2D eigenvalue weighted by Crippen LogP contribution is 2.37. The third kappa shape index (κ3) is 5.91. The molecular weight excluding hydrogens is 522 g/mol. The zero-order chi connectivity index (χ0) is 29.3. The van der Waals surface area contributed by atoms with Gasteiger partial charge in [-0.1, -0.05) is 24.3 Å². The van der Waals surface area contributed by atoms with E-state index in [1.54, 1.807) is 23.1 Å². The van der Waals surface area contributed by atoms with E-state index in [4.69, 9.17) is 9.47 Å². The maximum absolute atomic E-state index is 13.7. The van der Waals surface area contributed by atoms with Crippen molar-refractivity contribution in [2.75, 3.05) is 49.6 Å². The Bertz CT molecular complexity index is 1460. The number of carbonyl (C=O) groups is 3. The number of imide groups is 1. The molecule has 2 aliphatic rings. The lowest BCUT2D eigenvalue weighted by Crippen LogP contribution is -2.52. The molecule has 10 nitrogen and oxygen atoms in total. The normalized spacial score (nSPS) is 16.4. The number of amides is 4. The van der Waals surface area contributed by atoms with E-state index in [2.05, 4.69) is 22.9 Å². The standard InChI is InChI=1S/C31H37N5O5/c1-21-6-11-24-25(28(21)33-14-16-34(17-15-33)30(39)41-31(2,3)4)18-32-19-26(24)35-13-12-27(37)36(29(35)38)20-22-7-9-23(40-5)10-8-22/h6-11,18-19H,12-17,20H2,1-5H3. The van der Waals surface area contributed by atoms with Crippen molar-refractivity contribution in [3.8, 4) is 5.75 Å². The second-order valence-electron chi connectivity index (χ2n) is 11.5. The van der Waals surface area contributed by atoms with Crippen LogP contribution < -0.4 is 14.5 Å². The average molecular weight is 560 g/mol. The van der Waals surface area contributed by atoms with Gasteiger partial charge in [-0.05, 0) is 51.0 Å². The van der Waals surface area contributed by atoms with E-state index in [-0.39, 0.29) is 37.5 Å². The van der Waals surface area contributed by atoms with Crippen molar-refractivity contribution in [2.24, 2.45) is 0 Å². The number of piperazine rings is 1. The molecule has 1 aromatic heterocycles. The number of ether oxygens (including phenoxy) is 2. The number of methoxy groups -OCH3 is 1. The van der Waals surface area contributed by atoms with E-state index < -0.39 is 5.60 Å². The van der Waals surface area contributed by atoms with Gasteiger partial charge >= 0.3 is 12.1 Å². The molecule has 3 aromatic rings. The number of rotatable bonds is 5. The van der Waals surface area contributed by atoms with Gasteiger partial charge in [0.15, 0.2) is 0 Å². The Morgan fingerprint density at radius 2 is 1.63 bits per heavy atom. The predicted octanol–water partition coefficient (Wildman–Crippen LogP) is 4.97. The summed E-state index contributed by atoms with van der Waals surface area (Å²) in [6, 6.07) is 11.1. The Hall–Kier alpha value is -4.34. The van der Waals surface area contributed by atoms with Crippen molar-refractivity contribution in [1.82, 2.24) is 14.8 Å². The highest BCUT2D eigenvalue weighted by atomic mass is 16.6. The topological polar surface area (TPSA) is 95.5 Å². The number of aryl methyl sites for hydroxylation is 1. The number of hydrogen-bond donors (Lipinski definition) is 0. The molecule has 0 radical (unpaired) electrons. The van der Waals surface area contributed by atoms with Crippen LogP contribution in [0.25, 0.3) is 10.8 Å². The summed E-state index contributed by atoms with van der Waals surface area (Å²) in [7, 11) is 1.60. The number of aromatic nitrogens is 1. The minimum absolute atomic E-state index is 0.183. The highest BCUT2D eigenvalue weighted by molar-refractivity contribution is 6.11. The van der Waals surface area contributed by atoms with Gasteiger partial charge in [-0.2, -0.15) is 0 Å². The number of carbonyl (C=O) groups excluding carboxylic acids is 3. The average Bonchev–Trinajstić information content (AvgIpc) is 2.94. The van der Waals surface area contributed by atoms with Crippen LogP contribution in [-0.4, -0.2) is 78.2 Å². The van der Waals surface area contributed by atoms with Crippen molar-refractivity contribution < 1.29 is 23.9 Å². The van der Waals surface area contributed by atoms with Crippen LogP contribution in [0.3, 0.4) is 0 Å². The molecule has 0 aliphatic carbocycles. The van der Waals surface area contributed by atoms with Crippen molar-refractivity contribution in [3.63, 3.8) is 0 Å². The molecule has 216 valence electrons. The van der Waals surface area contributed by atoms with Gasteiger partial charge in [0.1, 0.15) is 11.4 Å². The maximum Gasteiger partial charge on any atom is 0.410 e. The van der Waals surface area contributed by atoms with Crippen LogP contribution in [0.15, 0.2) is 48.8 Å². The largest absolute Gasteiger partial charge is 0.497 e. The van der Waals surface area contributed by atoms with E-state index in [1.807, 2.05) is 57.3 Å². The number of benzene rings is 2. The lowest BCUT2D eigenvalue weighted by molar-refractivity contribution is -0.129. The molecule has 0 spiro atoms. The maximum atomic E-state index is 13.7. The molecule has 0 atom stereocenters. The molecule has 0 bridgehead atoms. The summed E-state index contributed by atoms with van der Waals surface area (Å²) in [5.41, 5.74) is 3.10. The van der Waals surface area contributed by atoms with E-state index in [0.29, 0.717) is 37.6 Å². The van der Waals surface area contributed by atoms with Crippen molar-refractivity contribution in [3.05, 3.63) is 59.9 Å². The fraction of sp³-hybridized carbons (Fsp3) is 0.419. The first kappa shape index (κ1) is 28.2. The molecule has 41 heavy (non-hydrogen) atoms. The zero-order valence-corrected chi connectivity index (χ0v) is 24.3. The number of hydrogen-bond acceptors (Lipinski definition) is 7. The van der Waals surface area contributed by atoms with E-state index in [1.165, 1.54) is 4.90 Å². The summed E-state index contributed by atoms with van der Waals surface area (Å²) in [4.78, 5) is 50.6. The molecule has 10 heteroatoms. The summed E-state index contributed by atoms with van der Waals surface area (Å²) in [6.45, 7) is 10.5. The Balaban J connectivity index is 1.39.